The van der Waals surface area contributed by atoms with Crippen LogP contribution in [0.4, 0.5) is 34.6 Å². The van der Waals surface area contributed by atoms with Gasteiger partial charge in [-0.05, 0) is 74.2 Å². The van der Waals surface area contributed by atoms with Gasteiger partial charge in [0.2, 0.25) is 0 Å². The highest BCUT2D eigenvalue weighted by molar-refractivity contribution is 5.60. The van der Waals surface area contributed by atoms with Crippen LogP contribution < -0.4 is 18.9 Å². The second-order valence-electron chi connectivity index (χ2n) is 10.7. The fraction of sp³-hybridized carbons (Fsp3) is 0.400. The average Bonchev–Trinajstić information content (AvgIpc) is 3.41. The summed E-state index contributed by atoms with van der Waals surface area (Å²) in [5.74, 6) is 1.62. The number of aryl methyl sites for hydroxylation is 6. The van der Waals surface area contributed by atoms with Crippen LogP contribution in [0.3, 0.4) is 0 Å². The lowest BCUT2D eigenvalue weighted by Crippen LogP contribution is -2.37. The lowest BCUT2D eigenvalue weighted by atomic mass is 10.1. The van der Waals surface area contributed by atoms with E-state index in [1.54, 1.807) is 0 Å². The van der Waals surface area contributed by atoms with Crippen LogP contribution >= 0.6 is 0 Å². The Kier molecular flexibility index (Phi) is 8.04. The normalized spacial score (nSPS) is 14.8. The quantitative estimate of drug-likeness (QED) is 0.237. The highest BCUT2D eigenvalue weighted by Gasteiger charge is 2.18. The molecule has 0 N–H and O–H groups in total. The second-order valence-corrected chi connectivity index (χ2v) is 10.7. The van der Waals surface area contributed by atoms with Crippen LogP contribution in [-0.2, 0) is 28.2 Å². The fourth-order valence-electron chi connectivity index (χ4n) is 5.37. The number of anilines is 2. The van der Waals surface area contributed by atoms with Crippen LogP contribution in [0.15, 0.2) is 81.6 Å². The maximum atomic E-state index is 4.48. The molecule has 2 aromatic carbocycles. The van der Waals surface area contributed by atoms with Gasteiger partial charge in [-0.2, -0.15) is 0 Å². The number of imidazole rings is 2. The number of hydrogen-bond donors (Lipinski definition) is 0. The Hall–Kier alpha value is -4.34. The molecule has 10 nitrogen and oxygen atoms in total. The minimum atomic E-state index is 0.811. The Balaban J connectivity index is 1.21. The summed E-state index contributed by atoms with van der Waals surface area (Å²) < 4.78 is 7.84. The number of hydrogen-bond acceptors (Lipinski definition) is 6. The molecule has 3 heterocycles. The molecule has 208 valence electrons. The summed E-state index contributed by atoms with van der Waals surface area (Å²) in [5.41, 5.74) is 6.78. The summed E-state index contributed by atoms with van der Waals surface area (Å²) in [6, 6.07) is 12.8. The smallest absolute Gasteiger partial charge is 0.371 e. The fourth-order valence-corrected chi connectivity index (χ4v) is 5.37. The second kappa shape index (κ2) is 11.8. The van der Waals surface area contributed by atoms with Crippen LogP contribution in [0, 0.1) is 13.8 Å². The van der Waals surface area contributed by atoms with Gasteiger partial charge in [0.05, 0.1) is 53.0 Å². The summed E-state index contributed by atoms with van der Waals surface area (Å²) in [6.45, 7) is 8.43. The SMILES string of the molecule is Cc1cc(/N=N/c2n(C)cc[n+]2C)ccc1N1CCCN(c2ccc(/N=N/c3n(C)cc[n+]3C)cc2C)CCC1. The monoisotopic (exact) mass is 540 g/mol. The van der Waals surface area contributed by atoms with Crippen LogP contribution in [0.25, 0.3) is 0 Å². The van der Waals surface area contributed by atoms with Gasteiger partial charge in [-0.3, -0.25) is 0 Å². The van der Waals surface area contributed by atoms with E-state index in [9.17, 15) is 0 Å². The predicted molar refractivity (Wildman–Crippen MR) is 158 cm³/mol. The predicted octanol–water partition coefficient (Wildman–Crippen LogP) is 5.57. The molecule has 40 heavy (non-hydrogen) atoms. The van der Waals surface area contributed by atoms with Gasteiger partial charge in [0.1, 0.15) is 11.4 Å². The van der Waals surface area contributed by atoms with E-state index in [0.29, 0.717) is 0 Å². The van der Waals surface area contributed by atoms with Crippen molar-refractivity contribution in [2.45, 2.75) is 26.7 Å². The largest absolute Gasteiger partial charge is 0.421 e. The van der Waals surface area contributed by atoms with E-state index in [-0.39, 0.29) is 0 Å². The van der Waals surface area contributed by atoms with Gasteiger partial charge in [0.25, 0.3) is 0 Å². The van der Waals surface area contributed by atoms with E-state index < -0.39 is 0 Å². The maximum absolute atomic E-state index is 4.48. The Morgan fingerprint density at radius 3 is 1.32 bits per heavy atom. The number of rotatable bonds is 6. The first-order valence-electron chi connectivity index (χ1n) is 13.9. The summed E-state index contributed by atoms with van der Waals surface area (Å²) in [6.07, 6.45) is 10.1. The van der Waals surface area contributed by atoms with Crippen molar-refractivity contribution in [2.24, 2.45) is 48.6 Å². The third-order valence-electron chi connectivity index (χ3n) is 7.55. The van der Waals surface area contributed by atoms with Gasteiger partial charge in [-0.25, -0.2) is 18.3 Å². The zero-order valence-corrected chi connectivity index (χ0v) is 24.5. The average molecular weight is 541 g/mol. The summed E-state index contributed by atoms with van der Waals surface area (Å²) >= 11 is 0. The Morgan fingerprint density at radius 2 is 1.00 bits per heavy atom. The first-order valence-corrected chi connectivity index (χ1v) is 13.9. The van der Waals surface area contributed by atoms with Crippen molar-refractivity contribution in [3.63, 3.8) is 0 Å². The molecule has 0 aliphatic carbocycles. The van der Waals surface area contributed by atoms with E-state index in [1.165, 1.54) is 22.5 Å². The van der Waals surface area contributed by atoms with E-state index >= 15 is 0 Å². The number of nitrogens with zero attached hydrogens (tertiary/aromatic N) is 10. The van der Waals surface area contributed by atoms with Gasteiger partial charge in [0.15, 0.2) is 0 Å². The molecule has 1 saturated heterocycles. The Labute approximate surface area is 236 Å². The molecule has 0 unspecified atom stereocenters. The van der Waals surface area contributed by atoms with Crippen molar-refractivity contribution in [3.05, 3.63) is 72.3 Å². The van der Waals surface area contributed by atoms with Gasteiger partial charge < -0.3 is 9.80 Å². The molecule has 4 aromatic rings. The van der Waals surface area contributed by atoms with Gasteiger partial charge in [-0.1, -0.05) is 10.2 Å². The van der Waals surface area contributed by atoms with E-state index in [1.807, 2.05) is 71.2 Å². The third-order valence-corrected chi connectivity index (χ3v) is 7.55. The number of benzene rings is 2. The van der Waals surface area contributed by atoms with Crippen molar-refractivity contribution in [1.29, 1.82) is 0 Å². The molecule has 0 spiro atoms. The molecular weight excluding hydrogens is 500 g/mol. The topological polar surface area (TPSA) is 73.5 Å². The standard InChI is InChI=1S/C30H40N10/c1-23-21-25(31-33-29-35(3)17-18-36(29)4)9-11-27(23)39-13-7-15-40(16-8-14-39)28-12-10-26(22-24(28)2)32-34-30-37(5)19-20-38(30)6/h9-12,17-22H,7-8,13-16H2,1-6H3/q+2. The summed E-state index contributed by atoms with van der Waals surface area (Å²) in [5, 5.41) is 17.9. The van der Waals surface area contributed by atoms with Gasteiger partial charge in [0, 0.05) is 47.8 Å². The molecule has 0 amide bonds. The molecule has 10 heteroatoms. The number of azo groups is 2. The summed E-state index contributed by atoms with van der Waals surface area (Å²) in [7, 11) is 7.89. The molecule has 1 aliphatic heterocycles. The Morgan fingerprint density at radius 1 is 0.600 bits per heavy atom. The van der Waals surface area contributed by atoms with Crippen LogP contribution in [0.2, 0.25) is 0 Å². The number of aromatic nitrogens is 4. The molecule has 0 radical (unpaired) electrons. The van der Waals surface area contributed by atoms with Crippen LogP contribution in [0.5, 0.6) is 0 Å². The van der Waals surface area contributed by atoms with Crippen molar-refractivity contribution in [2.75, 3.05) is 36.0 Å². The molecule has 0 atom stereocenters. The third kappa shape index (κ3) is 5.95. The van der Waals surface area contributed by atoms with E-state index in [2.05, 4.69) is 80.5 Å². The minimum absolute atomic E-state index is 0.811. The highest BCUT2D eigenvalue weighted by atomic mass is 15.3. The van der Waals surface area contributed by atoms with Crippen molar-refractivity contribution >= 4 is 34.6 Å². The Bertz CT molecular complexity index is 1380. The first kappa shape index (κ1) is 27.2. The lowest BCUT2D eigenvalue weighted by Gasteiger charge is -2.34. The zero-order chi connectivity index (χ0) is 28.2. The molecule has 2 aromatic heterocycles. The van der Waals surface area contributed by atoms with Crippen molar-refractivity contribution < 1.29 is 9.13 Å². The molecule has 1 aliphatic rings. The lowest BCUT2D eigenvalue weighted by molar-refractivity contribution is -0.657. The van der Waals surface area contributed by atoms with Crippen LogP contribution in [-0.4, -0.2) is 35.3 Å². The van der Waals surface area contributed by atoms with Crippen molar-refractivity contribution in [3.8, 4) is 0 Å². The van der Waals surface area contributed by atoms with E-state index in [0.717, 1.165) is 62.3 Å². The molecule has 5 rings (SSSR count). The summed E-state index contributed by atoms with van der Waals surface area (Å²) in [4.78, 5) is 5.04. The molecule has 0 saturated carbocycles. The zero-order valence-electron chi connectivity index (χ0n) is 24.5. The van der Waals surface area contributed by atoms with Gasteiger partial charge >= 0.3 is 11.9 Å². The van der Waals surface area contributed by atoms with Crippen LogP contribution in [0.1, 0.15) is 24.0 Å². The molecule has 1 fully saturated rings. The van der Waals surface area contributed by atoms with Gasteiger partial charge in [-0.15, -0.1) is 0 Å². The molecular formula is C30H40N10+2. The minimum Gasteiger partial charge on any atom is -0.371 e. The van der Waals surface area contributed by atoms with Crippen molar-refractivity contribution in [1.82, 2.24) is 9.13 Å². The van der Waals surface area contributed by atoms with E-state index in [4.69, 9.17) is 0 Å². The molecule has 0 bridgehead atoms. The first-order chi connectivity index (χ1) is 19.3. The maximum Gasteiger partial charge on any atom is 0.421 e. The highest BCUT2D eigenvalue weighted by Crippen LogP contribution is 2.30.